The molecule has 0 aliphatic heterocycles. The van der Waals surface area contributed by atoms with E-state index in [1.807, 2.05) is 5.32 Å². The largest absolute Gasteiger partial charge is 0.530 e. The smallest absolute Gasteiger partial charge is 0.270 e. The van der Waals surface area contributed by atoms with Gasteiger partial charge in [0.15, 0.2) is 0 Å². The number of rotatable bonds is 4. The van der Waals surface area contributed by atoms with Crippen molar-refractivity contribution < 1.29 is 14.7 Å². The number of amides is 2. The van der Waals surface area contributed by atoms with Crippen LogP contribution in [0.5, 0.6) is 0 Å². The summed E-state index contributed by atoms with van der Waals surface area (Å²) in [7, 11) is 0. The lowest BCUT2D eigenvalue weighted by atomic mass is 10.3. The van der Waals surface area contributed by atoms with Crippen molar-refractivity contribution in [3.63, 3.8) is 0 Å². The first kappa shape index (κ1) is 13.5. The molecule has 0 atom stereocenters. The molecule has 1 rings (SSSR count). The minimum atomic E-state index is -1.40. The Morgan fingerprint density at radius 2 is 1.88 bits per heavy atom. The predicted octanol–water partition coefficient (Wildman–Crippen LogP) is 0.0511. The predicted molar refractivity (Wildman–Crippen MR) is 60.0 cm³/mol. The molecular formula is C9H8Cl2N3O3-. The zero-order valence-corrected chi connectivity index (χ0v) is 10.0. The van der Waals surface area contributed by atoms with Crippen molar-refractivity contribution in [1.29, 1.82) is 0 Å². The Kier molecular flexibility index (Phi) is 4.99. The summed E-state index contributed by atoms with van der Waals surface area (Å²) in [6, 6.07) is 2.76. The number of nitrogens with zero attached hydrogens (tertiary/aromatic N) is 1. The summed E-state index contributed by atoms with van der Waals surface area (Å²) in [5.41, 5.74) is 0.0657. The van der Waals surface area contributed by atoms with Gasteiger partial charge < -0.3 is 20.5 Å². The SMILES string of the molecule is O=C([O-])NCCNC(=O)c1cc(Cl)cc(Cl)n1. The highest BCUT2D eigenvalue weighted by molar-refractivity contribution is 6.34. The number of hydrogen-bond acceptors (Lipinski definition) is 4. The molecule has 0 saturated carbocycles. The second kappa shape index (κ2) is 6.27. The third kappa shape index (κ3) is 4.88. The average Bonchev–Trinajstić information content (AvgIpc) is 2.22. The molecule has 8 heteroatoms. The van der Waals surface area contributed by atoms with Gasteiger partial charge in [0.25, 0.3) is 5.91 Å². The molecule has 6 nitrogen and oxygen atoms in total. The zero-order valence-electron chi connectivity index (χ0n) is 8.50. The van der Waals surface area contributed by atoms with Crippen LogP contribution in [0.25, 0.3) is 0 Å². The number of carbonyl (C=O) groups is 2. The van der Waals surface area contributed by atoms with Crippen LogP contribution in [0.2, 0.25) is 10.2 Å². The first-order chi connectivity index (χ1) is 7.99. The van der Waals surface area contributed by atoms with Gasteiger partial charge >= 0.3 is 0 Å². The van der Waals surface area contributed by atoms with Crippen LogP contribution in [0.4, 0.5) is 4.79 Å². The number of halogens is 2. The van der Waals surface area contributed by atoms with E-state index in [1.165, 1.54) is 12.1 Å². The van der Waals surface area contributed by atoms with Crippen LogP contribution in [0, 0.1) is 0 Å². The molecule has 1 heterocycles. The number of hydrogen-bond donors (Lipinski definition) is 2. The van der Waals surface area contributed by atoms with Gasteiger partial charge in [0, 0.05) is 18.1 Å². The molecule has 0 fully saturated rings. The molecule has 0 saturated heterocycles. The summed E-state index contributed by atoms with van der Waals surface area (Å²) in [5.74, 6) is -0.491. The molecular weight excluding hydrogens is 269 g/mol. The van der Waals surface area contributed by atoms with Crippen molar-refractivity contribution in [2.75, 3.05) is 13.1 Å². The van der Waals surface area contributed by atoms with Crippen molar-refractivity contribution in [1.82, 2.24) is 15.6 Å². The van der Waals surface area contributed by atoms with Gasteiger partial charge in [-0.2, -0.15) is 0 Å². The molecule has 0 aliphatic carbocycles. The maximum absolute atomic E-state index is 11.5. The summed E-state index contributed by atoms with van der Waals surface area (Å²) in [6.45, 7) is 0.154. The third-order valence-corrected chi connectivity index (χ3v) is 2.08. The highest BCUT2D eigenvalue weighted by Gasteiger charge is 2.08. The fraction of sp³-hybridized carbons (Fsp3) is 0.222. The number of aromatic nitrogens is 1. The van der Waals surface area contributed by atoms with Gasteiger partial charge in [-0.15, -0.1) is 0 Å². The third-order valence-electron chi connectivity index (χ3n) is 1.67. The van der Waals surface area contributed by atoms with E-state index in [0.29, 0.717) is 5.02 Å². The molecule has 1 aromatic rings. The molecule has 92 valence electrons. The molecule has 0 unspecified atom stereocenters. The standard InChI is InChI=1S/C9H9Cl2N3O3/c10-5-3-6(14-7(11)4-5)8(15)12-1-2-13-9(16)17/h3-4,13H,1-2H2,(H,12,15)(H,16,17)/p-1. The van der Waals surface area contributed by atoms with Gasteiger partial charge in [0.05, 0.1) is 0 Å². The second-order valence-corrected chi connectivity index (χ2v) is 3.79. The summed E-state index contributed by atoms with van der Waals surface area (Å²) >= 11 is 11.3. The molecule has 0 aliphatic rings. The van der Waals surface area contributed by atoms with Gasteiger partial charge in [-0.1, -0.05) is 23.2 Å². The Morgan fingerprint density at radius 3 is 2.47 bits per heavy atom. The first-order valence-corrected chi connectivity index (χ1v) is 5.31. The van der Waals surface area contributed by atoms with Gasteiger partial charge in [0.2, 0.25) is 0 Å². The van der Waals surface area contributed by atoms with E-state index < -0.39 is 12.0 Å². The number of pyridine rings is 1. The monoisotopic (exact) mass is 276 g/mol. The fourth-order valence-electron chi connectivity index (χ4n) is 1.01. The van der Waals surface area contributed by atoms with E-state index in [4.69, 9.17) is 23.2 Å². The molecule has 2 amide bonds. The van der Waals surface area contributed by atoms with Crippen molar-refractivity contribution >= 4 is 35.2 Å². The average molecular weight is 277 g/mol. The second-order valence-electron chi connectivity index (χ2n) is 2.96. The van der Waals surface area contributed by atoms with E-state index in [1.54, 1.807) is 0 Å². The summed E-state index contributed by atoms with van der Waals surface area (Å²) < 4.78 is 0. The minimum Gasteiger partial charge on any atom is -0.530 e. The van der Waals surface area contributed by atoms with Crippen LogP contribution in [0.15, 0.2) is 12.1 Å². The highest BCUT2D eigenvalue weighted by atomic mass is 35.5. The lowest BCUT2D eigenvalue weighted by molar-refractivity contribution is -0.250. The van der Waals surface area contributed by atoms with Gasteiger partial charge in [0.1, 0.15) is 16.9 Å². The number of nitrogens with one attached hydrogen (secondary N) is 2. The Hall–Kier alpha value is -1.53. The first-order valence-electron chi connectivity index (χ1n) is 4.55. The van der Waals surface area contributed by atoms with Crippen LogP contribution in [-0.2, 0) is 0 Å². The zero-order chi connectivity index (χ0) is 12.8. The van der Waals surface area contributed by atoms with Gasteiger partial charge in [-0.3, -0.25) is 4.79 Å². The molecule has 0 bridgehead atoms. The van der Waals surface area contributed by atoms with Gasteiger partial charge in [-0.25, -0.2) is 4.98 Å². The van der Waals surface area contributed by atoms with E-state index >= 15 is 0 Å². The van der Waals surface area contributed by atoms with Crippen molar-refractivity contribution in [3.8, 4) is 0 Å². The number of carbonyl (C=O) groups excluding carboxylic acids is 2. The van der Waals surface area contributed by atoms with Crippen LogP contribution >= 0.6 is 23.2 Å². The lowest BCUT2D eigenvalue weighted by Gasteiger charge is -2.07. The van der Waals surface area contributed by atoms with Crippen LogP contribution in [0.3, 0.4) is 0 Å². The van der Waals surface area contributed by atoms with Crippen molar-refractivity contribution in [3.05, 3.63) is 28.0 Å². The Labute approximate surface area is 107 Å². The van der Waals surface area contributed by atoms with Crippen LogP contribution in [0.1, 0.15) is 10.5 Å². The highest BCUT2D eigenvalue weighted by Crippen LogP contribution is 2.15. The van der Waals surface area contributed by atoms with E-state index in [2.05, 4.69) is 10.3 Å². The molecule has 0 aromatic carbocycles. The molecule has 17 heavy (non-hydrogen) atoms. The van der Waals surface area contributed by atoms with E-state index in [9.17, 15) is 14.7 Å². The minimum absolute atomic E-state index is 0.0440. The molecule has 0 radical (unpaired) electrons. The number of carboxylic acid groups (broad SMARTS) is 1. The summed E-state index contributed by atoms with van der Waals surface area (Å²) in [6.07, 6.45) is -1.40. The summed E-state index contributed by atoms with van der Waals surface area (Å²) in [5, 5.41) is 14.9. The van der Waals surface area contributed by atoms with Crippen molar-refractivity contribution in [2.24, 2.45) is 0 Å². The van der Waals surface area contributed by atoms with E-state index in [0.717, 1.165) is 0 Å². The maximum Gasteiger partial charge on any atom is 0.270 e. The Morgan fingerprint density at radius 1 is 1.24 bits per heavy atom. The fourth-order valence-corrected chi connectivity index (χ4v) is 1.48. The lowest BCUT2D eigenvalue weighted by Crippen LogP contribution is -2.41. The summed E-state index contributed by atoms with van der Waals surface area (Å²) in [4.78, 5) is 25.3. The molecule has 1 aromatic heterocycles. The van der Waals surface area contributed by atoms with Crippen molar-refractivity contribution in [2.45, 2.75) is 0 Å². The maximum atomic E-state index is 11.5. The van der Waals surface area contributed by atoms with E-state index in [-0.39, 0.29) is 23.9 Å². The van der Waals surface area contributed by atoms with Gasteiger partial charge in [-0.05, 0) is 12.1 Å². The molecule has 2 N–H and O–H groups in total. The Bertz CT molecular complexity index is 419. The van der Waals surface area contributed by atoms with Crippen LogP contribution in [-0.4, -0.2) is 30.1 Å². The quantitative estimate of drug-likeness (QED) is 0.600. The normalized spacial score (nSPS) is 9.76. The van der Waals surface area contributed by atoms with Crippen LogP contribution < -0.4 is 15.7 Å². The topological polar surface area (TPSA) is 94.1 Å². The Balaban J connectivity index is 2.49. The molecule has 0 spiro atoms.